The highest BCUT2D eigenvalue weighted by atomic mass is 32.2. The second kappa shape index (κ2) is 6.12. The van der Waals surface area contributed by atoms with Crippen molar-refractivity contribution in [1.82, 2.24) is 20.0 Å². The average molecular weight is 298 g/mol. The quantitative estimate of drug-likeness (QED) is 0.734. The Bertz CT molecular complexity index is 671. The molecule has 1 heterocycles. The summed E-state index contributed by atoms with van der Waals surface area (Å²) in [4.78, 5) is 6.62. The van der Waals surface area contributed by atoms with Gasteiger partial charge in [0.25, 0.3) is 0 Å². The Kier molecular flexibility index (Phi) is 4.48. The van der Waals surface area contributed by atoms with Crippen molar-refractivity contribution in [3.8, 4) is 0 Å². The number of halogens is 1. The van der Waals surface area contributed by atoms with Gasteiger partial charge in [-0.05, 0) is 25.2 Å². The second-order valence-corrected chi connectivity index (χ2v) is 5.95. The van der Waals surface area contributed by atoms with Crippen LogP contribution in [0.2, 0.25) is 0 Å². The predicted molar refractivity (Wildman–Crippen MR) is 71.8 cm³/mol. The number of hydrogen-bond donors (Lipinski definition) is 3. The molecular formula is C12H15FN4O2S. The zero-order valence-corrected chi connectivity index (χ0v) is 11.7. The number of H-pyrrole nitrogens is 1. The minimum Gasteiger partial charge on any atom is -0.347 e. The first kappa shape index (κ1) is 14.6. The van der Waals surface area contributed by atoms with Crippen LogP contribution in [0.3, 0.4) is 0 Å². The van der Waals surface area contributed by atoms with Crippen LogP contribution in [0.5, 0.6) is 0 Å². The summed E-state index contributed by atoms with van der Waals surface area (Å²) in [6, 6.07) is 3.71. The molecule has 3 N–H and O–H groups in total. The molecule has 20 heavy (non-hydrogen) atoms. The monoisotopic (exact) mass is 298 g/mol. The van der Waals surface area contributed by atoms with Gasteiger partial charge in [-0.2, -0.15) is 0 Å². The smallest absolute Gasteiger partial charge is 0.240 e. The number of hydrogen-bond acceptors (Lipinski definition) is 4. The Morgan fingerprint density at radius 2 is 2.15 bits per heavy atom. The lowest BCUT2D eigenvalue weighted by Gasteiger charge is -2.08. The van der Waals surface area contributed by atoms with Crippen molar-refractivity contribution in [3.05, 3.63) is 47.8 Å². The van der Waals surface area contributed by atoms with Crippen LogP contribution in [-0.4, -0.2) is 25.4 Å². The maximum absolute atomic E-state index is 13.5. The maximum atomic E-state index is 13.5. The fraction of sp³-hybridized carbons (Fsp3) is 0.250. The van der Waals surface area contributed by atoms with E-state index in [4.69, 9.17) is 0 Å². The molecule has 1 aromatic heterocycles. The van der Waals surface area contributed by atoms with Crippen LogP contribution in [0.15, 0.2) is 35.6 Å². The highest BCUT2D eigenvalue weighted by Crippen LogP contribution is 2.15. The minimum absolute atomic E-state index is 0.0312. The molecule has 1 aromatic carbocycles. The van der Waals surface area contributed by atoms with E-state index in [2.05, 4.69) is 20.0 Å². The molecule has 0 atom stereocenters. The van der Waals surface area contributed by atoms with Crippen LogP contribution >= 0.6 is 0 Å². The van der Waals surface area contributed by atoms with Gasteiger partial charge < -0.3 is 10.3 Å². The van der Waals surface area contributed by atoms with E-state index in [1.807, 2.05) is 0 Å². The molecule has 0 fully saturated rings. The molecule has 0 spiro atoms. The normalized spacial score (nSPS) is 11.7. The molecule has 0 unspecified atom stereocenters. The third-order valence-corrected chi connectivity index (χ3v) is 4.10. The number of sulfonamides is 1. The van der Waals surface area contributed by atoms with Gasteiger partial charge in [-0.25, -0.2) is 22.5 Å². The van der Waals surface area contributed by atoms with Crippen LogP contribution in [-0.2, 0) is 23.1 Å². The zero-order chi connectivity index (χ0) is 14.6. The van der Waals surface area contributed by atoms with E-state index in [9.17, 15) is 12.8 Å². The topological polar surface area (TPSA) is 86.9 Å². The van der Waals surface area contributed by atoms with E-state index in [1.54, 1.807) is 7.05 Å². The maximum Gasteiger partial charge on any atom is 0.240 e. The summed E-state index contributed by atoms with van der Waals surface area (Å²) in [5.74, 6) is -0.438. The number of benzene rings is 1. The standard InChI is InChI=1S/C12H15FN4O2S/c1-14-5-9-4-11(2-3-12(9)13)20(18,19)17-7-10-6-15-8-16-10/h2-4,6,8,14,17H,5,7H2,1H3,(H,15,16). The summed E-state index contributed by atoms with van der Waals surface area (Å²) in [6.07, 6.45) is 2.99. The molecule has 2 aromatic rings. The van der Waals surface area contributed by atoms with Crippen LogP contribution in [0.25, 0.3) is 0 Å². The van der Waals surface area contributed by atoms with Crippen molar-refractivity contribution in [3.63, 3.8) is 0 Å². The Balaban J connectivity index is 2.18. The summed E-state index contributed by atoms with van der Waals surface area (Å²) in [5, 5.41) is 2.79. The summed E-state index contributed by atoms with van der Waals surface area (Å²) >= 11 is 0. The first-order valence-electron chi connectivity index (χ1n) is 5.93. The van der Waals surface area contributed by atoms with Crippen LogP contribution in [0, 0.1) is 5.82 Å². The van der Waals surface area contributed by atoms with Crippen molar-refractivity contribution < 1.29 is 12.8 Å². The molecule has 0 saturated carbocycles. The van der Waals surface area contributed by atoms with E-state index < -0.39 is 15.8 Å². The van der Waals surface area contributed by atoms with Crippen molar-refractivity contribution in [1.29, 1.82) is 0 Å². The minimum atomic E-state index is -3.69. The predicted octanol–water partition coefficient (Wildman–Crippen LogP) is 0.747. The van der Waals surface area contributed by atoms with Crippen molar-refractivity contribution in [2.45, 2.75) is 18.0 Å². The SMILES string of the molecule is CNCc1cc(S(=O)(=O)NCc2cnc[nH]2)ccc1F. The molecule has 0 amide bonds. The largest absolute Gasteiger partial charge is 0.347 e. The van der Waals surface area contributed by atoms with Crippen LogP contribution in [0.4, 0.5) is 4.39 Å². The molecule has 8 heteroatoms. The fourth-order valence-electron chi connectivity index (χ4n) is 1.68. The number of nitrogens with one attached hydrogen (secondary N) is 3. The molecule has 6 nitrogen and oxygen atoms in total. The van der Waals surface area contributed by atoms with E-state index in [0.29, 0.717) is 11.3 Å². The molecule has 108 valence electrons. The number of aromatic nitrogens is 2. The lowest BCUT2D eigenvalue weighted by atomic mass is 10.2. The Morgan fingerprint density at radius 3 is 2.80 bits per heavy atom. The third-order valence-electron chi connectivity index (χ3n) is 2.70. The van der Waals surface area contributed by atoms with Gasteiger partial charge in [0.15, 0.2) is 0 Å². The zero-order valence-electron chi connectivity index (χ0n) is 10.9. The number of aromatic amines is 1. The Hall–Kier alpha value is -1.77. The van der Waals surface area contributed by atoms with E-state index >= 15 is 0 Å². The van der Waals surface area contributed by atoms with E-state index in [1.165, 1.54) is 24.7 Å². The number of rotatable bonds is 6. The summed E-state index contributed by atoms with van der Waals surface area (Å²) in [6.45, 7) is 0.358. The van der Waals surface area contributed by atoms with Gasteiger partial charge in [-0.3, -0.25) is 0 Å². The third kappa shape index (κ3) is 3.41. The highest BCUT2D eigenvalue weighted by molar-refractivity contribution is 7.89. The second-order valence-electron chi connectivity index (χ2n) is 4.18. The van der Waals surface area contributed by atoms with Gasteiger partial charge in [0.2, 0.25) is 10.0 Å². The highest BCUT2D eigenvalue weighted by Gasteiger charge is 2.16. The Morgan fingerprint density at radius 1 is 1.35 bits per heavy atom. The van der Waals surface area contributed by atoms with Crippen molar-refractivity contribution in [2.24, 2.45) is 0 Å². The van der Waals surface area contributed by atoms with Gasteiger partial charge in [0.1, 0.15) is 5.82 Å². The Labute approximate surface area is 116 Å². The van der Waals surface area contributed by atoms with Crippen LogP contribution < -0.4 is 10.0 Å². The molecule has 0 aliphatic heterocycles. The lowest BCUT2D eigenvalue weighted by molar-refractivity contribution is 0.577. The van der Waals surface area contributed by atoms with Crippen molar-refractivity contribution in [2.75, 3.05) is 7.05 Å². The van der Waals surface area contributed by atoms with E-state index in [0.717, 1.165) is 6.07 Å². The van der Waals surface area contributed by atoms with Gasteiger partial charge in [0.05, 0.1) is 17.8 Å². The molecule has 0 bridgehead atoms. The molecular weight excluding hydrogens is 283 g/mol. The molecule has 0 radical (unpaired) electrons. The number of imidazole rings is 1. The van der Waals surface area contributed by atoms with Crippen LogP contribution in [0.1, 0.15) is 11.3 Å². The van der Waals surface area contributed by atoms with E-state index in [-0.39, 0.29) is 18.0 Å². The summed E-state index contributed by atoms with van der Waals surface area (Å²) < 4.78 is 40.1. The van der Waals surface area contributed by atoms with Gasteiger partial charge in [-0.1, -0.05) is 0 Å². The van der Waals surface area contributed by atoms with Gasteiger partial charge >= 0.3 is 0 Å². The number of nitrogens with zero attached hydrogens (tertiary/aromatic N) is 1. The summed E-state index contributed by atoms with van der Waals surface area (Å²) in [7, 11) is -2.02. The molecule has 0 aliphatic rings. The van der Waals surface area contributed by atoms with Gasteiger partial charge in [0, 0.05) is 24.0 Å². The summed E-state index contributed by atoms with van der Waals surface area (Å²) in [5.41, 5.74) is 0.947. The van der Waals surface area contributed by atoms with Gasteiger partial charge in [-0.15, -0.1) is 0 Å². The molecule has 0 saturated heterocycles. The molecule has 0 aliphatic carbocycles. The fourth-order valence-corrected chi connectivity index (χ4v) is 2.74. The first-order valence-corrected chi connectivity index (χ1v) is 7.41. The average Bonchev–Trinajstić information content (AvgIpc) is 2.92. The first-order chi connectivity index (χ1) is 9.53. The lowest BCUT2D eigenvalue weighted by Crippen LogP contribution is -2.23. The van der Waals surface area contributed by atoms with Crippen molar-refractivity contribution >= 4 is 10.0 Å². The molecule has 2 rings (SSSR count).